The Bertz CT molecular complexity index is 3170. The highest BCUT2D eigenvalue weighted by atomic mass is 15.1. The van der Waals surface area contributed by atoms with Gasteiger partial charge in [-0.3, -0.25) is 9.89 Å². The zero-order valence-electron chi connectivity index (χ0n) is 46.4. The van der Waals surface area contributed by atoms with Gasteiger partial charge < -0.3 is 20.0 Å². The Morgan fingerprint density at radius 2 is 0.908 bits per heavy atom. The Morgan fingerprint density at radius 1 is 0.434 bits per heavy atom. The van der Waals surface area contributed by atoms with Crippen LogP contribution in [0, 0.1) is 0 Å². The van der Waals surface area contributed by atoms with Crippen LogP contribution in [0.4, 0.5) is 22.7 Å². The number of anilines is 4. The molecule has 0 unspecified atom stereocenters. The summed E-state index contributed by atoms with van der Waals surface area (Å²) in [6, 6.07) is 58.9. The van der Waals surface area contributed by atoms with E-state index in [4.69, 9.17) is 4.99 Å². The van der Waals surface area contributed by atoms with E-state index in [0.717, 1.165) is 69.3 Å². The summed E-state index contributed by atoms with van der Waals surface area (Å²) in [5, 5.41) is 6.27. The lowest BCUT2D eigenvalue weighted by Crippen LogP contribution is -2.32. The molecule has 0 atom stereocenters. The van der Waals surface area contributed by atoms with E-state index in [1.54, 1.807) is 0 Å². The summed E-state index contributed by atoms with van der Waals surface area (Å²) in [4.78, 5) is 15.0. The molecule has 0 amide bonds. The van der Waals surface area contributed by atoms with Gasteiger partial charge in [-0.05, 0) is 170 Å². The van der Waals surface area contributed by atoms with E-state index in [-0.39, 0.29) is 0 Å². The molecule has 0 heterocycles. The molecular formula is C70H78N6. The molecule has 6 heteroatoms. The molecule has 7 aromatic carbocycles. The second kappa shape index (κ2) is 25.2. The number of aliphatic imine (C=N–C) groups is 1. The average molecular weight is 1000 g/mol. The van der Waals surface area contributed by atoms with E-state index in [9.17, 15) is 0 Å². The van der Waals surface area contributed by atoms with Crippen molar-refractivity contribution in [2.75, 3.05) is 72.4 Å². The van der Waals surface area contributed by atoms with Crippen LogP contribution in [-0.2, 0) is 13.1 Å². The molecule has 0 aliphatic heterocycles. The van der Waals surface area contributed by atoms with Crippen LogP contribution in [-0.4, -0.2) is 69.0 Å². The number of hydrogen-bond donors (Lipinski definition) is 1. The van der Waals surface area contributed by atoms with Crippen molar-refractivity contribution >= 4 is 56.0 Å². The van der Waals surface area contributed by atoms with Crippen molar-refractivity contribution < 1.29 is 0 Å². The van der Waals surface area contributed by atoms with Crippen molar-refractivity contribution in [2.24, 2.45) is 4.99 Å². The number of benzene rings is 7. The largest absolute Gasteiger partial charge is 0.380 e. The Hall–Kier alpha value is -7.67. The second-order valence-electron chi connectivity index (χ2n) is 19.7. The van der Waals surface area contributed by atoms with Crippen LogP contribution in [0.1, 0.15) is 99.9 Å². The maximum atomic E-state index is 5.27. The molecule has 1 N–H and O–H groups in total. The van der Waals surface area contributed by atoms with E-state index >= 15 is 0 Å². The smallest absolute Gasteiger partial charge is 0.0657 e. The monoisotopic (exact) mass is 1000 g/mol. The molecule has 7 aromatic rings. The van der Waals surface area contributed by atoms with Crippen LogP contribution in [0.5, 0.6) is 0 Å². The number of likely N-dealkylation sites (N-methyl/N-ethyl adjacent to an activating group) is 1. The van der Waals surface area contributed by atoms with Crippen LogP contribution in [0.3, 0.4) is 0 Å². The van der Waals surface area contributed by atoms with Crippen LogP contribution < -0.4 is 20.0 Å². The van der Waals surface area contributed by atoms with Gasteiger partial charge in [0.2, 0.25) is 0 Å². The zero-order chi connectivity index (χ0) is 53.0. The third-order valence-electron chi connectivity index (χ3n) is 15.6. The first kappa shape index (κ1) is 53.2. The maximum absolute atomic E-state index is 5.27. The number of rotatable bonds is 21. The first-order chi connectivity index (χ1) is 37.3. The van der Waals surface area contributed by atoms with Crippen LogP contribution in [0.25, 0.3) is 27.5 Å². The normalized spacial score (nSPS) is 14.4. The van der Waals surface area contributed by atoms with Gasteiger partial charge in [0.15, 0.2) is 0 Å². The quantitative estimate of drug-likeness (QED) is 0.0776. The molecule has 0 aromatic heterocycles. The van der Waals surface area contributed by atoms with E-state index < -0.39 is 0 Å². The Morgan fingerprint density at radius 3 is 1.42 bits per heavy atom. The molecule has 2 aliphatic rings. The summed E-state index contributed by atoms with van der Waals surface area (Å²) in [7, 11) is 0. The summed E-state index contributed by atoms with van der Waals surface area (Å²) in [6.07, 6.45) is 13.9. The van der Waals surface area contributed by atoms with Gasteiger partial charge in [-0.15, -0.1) is 0 Å². The molecule has 2 aliphatic carbocycles. The van der Waals surface area contributed by atoms with Crippen molar-refractivity contribution in [3.05, 3.63) is 244 Å². The highest BCUT2D eigenvalue weighted by Gasteiger charge is 2.22. The lowest BCUT2D eigenvalue weighted by atomic mass is 9.83. The van der Waals surface area contributed by atoms with Crippen molar-refractivity contribution in [1.82, 2.24) is 4.90 Å². The summed E-state index contributed by atoms with van der Waals surface area (Å²) in [6.45, 7) is 27.0. The summed E-state index contributed by atoms with van der Waals surface area (Å²) < 4.78 is 0. The van der Waals surface area contributed by atoms with Crippen molar-refractivity contribution in [3.63, 3.8) is 0 Å². The van der Waals surface area contributed by atoms with Crippen LogP contribution in [0.15, 0.2) is 205 Å². The van der Waals surface area contributed by atoms with Gasteiger partial charge in [0.25, 0.3) is 0 Å². The number of hydrogen-bond acceptors (Lipinski definition) is 6. The van der Waals surface area contributed by atoms with Gasteiger partial charge >= 0.3 is 0 Å². The Balaban J connectivity index is 0.962. The molecule has 0 radical (unpaired) electrons. The Labute approximate surface area is 454 Å². The second-order valence-corrected chi connectivity index (χ2v) is 19.7. The molecule has 0 fully saturated rings. The molecule has 0 bridgehead atoms. The summed E-state index contributed by atoms with van der Waals surface area (Å²) in [5.41, 5.74) is 20.4. The molecular weight excluding hydrogens is 925 g/mol. The molecule has 6 nitrogen and oxygen atoms in total. The standard InChI is InChI=1S/C70H78N6/c1-9-73(10-2)57-37-29-53(30-38-57)69(54-31-39-58(40-32-54)74(11-3)12-4)65-45-47-67(63-23-19-17-21-61(63)65)71-49-51-25-27-52(28-26-51)50-72-68-48-46-66(62-22-18-20-24-64(62)68)70(55-33-41-59(42-34-55)75(13-5)14-6)56-35-43-60(44-36-56)76(15-7)16-8/h17-48,57,71H,9-16,49-50H2,1-8H3. The fourth-order valence-electron chi connectivity index (χ4n) is 11.3. The van der Waals surface area contributed by atoms with E-state index in [1.165, 1.54) is 89.1 Å². The molecule has 9 rings (SSSR count). The van der Waals surface area contributed by atoms with Crippen molar-refractivity contribution in [2.45, 2.75) is 74.5 Å². The van der Waals surface area contributed by atoms with Crippen LogP contribution in [0.2, 0.25) is 0 Å². The third-order valence-corrected chi connectivity index (χ3v) is 15.6. The molecule has 76 heavy (non-hydrogen) atoms. The highest BCUT2D eigenvalue weighted by Crippen LogP contribution is 2.40. The van der Waals surface area contributed by atoms with Crippen LogP contribution >= 0.6 is 0 Å². The molecule has 0 saturated heterocycles. The van der Waals surface area contributed by atoms with Gasteiger partial charge in [0.05, 0.1) is 12.3 Å². The summed E-state index contributed by atoms with van der Waals surface area (Å²) in [5.74, 6) is 0. The Kier molecular flexibility index (Phi) is 17.7. The lowest BCUT2D eigenvalue weighted by molar-refractivity contribution is 0.287. The average Bonchev–Trinajstić information content (AvgIpc) is 3.51. The third kappa shape index (κ3) is 11.6. The number of allylic oxidation sites excluding steroid dienone is 6. The minimum absolute atomic E-state index is 0.299. The predicted octanol–water partition coefficient (Wildman–Crippen LogP) is 16.1. The first-order valence-electron chi connectivity index (χ1n) is 28.1. The molecule has 388 valence electrons. The van der Waals surface area contributed by atoms with Gasteiger partial charge in [0.1, 0.15) is 0 Å². The molecule has 0 saturated carbocycles. The van der Waals surface area contributed by atoms with Gasteiger partial charge in [-0.2, -0.15) is 0 Å². The van der Waals surface area contributed by atoms with Crippen molar-refractivity contribution in [3.8, 4) is 0 Å². The van der Waals surface area contributed by atoms with Crippen molar-refractivity contribution in [1.29, 1.82) is 0 Å². The number of nitrogens with one attached hydrogen (secondary N) is 1. The van der Waals surface area contributed by atoms with Gasteiger partial charge in [-0.1, -0.05) is 159 Å². The number of nitrogens with zero attached hydrogens (tertiary/aromatic N) is 5. The van der Waals surface area contributed by atoms with Gasteiger partial charge in [0, 0.05) is 85.6 Å². The fraction of sp³-hybridized carbons (Fsp3) is 0.271. The van der Waals surface area contributed by atoms with E-state index in [2.05, 4.69) is 274 Å². The fourth-order valence-corrected chi connectivity index (χ4v) is 11.3. The minimum atomic E-state index is 0.299. The minimum Gasteiger partial charge on any atom is -0.380 e. The van der Waals surface area contributed by atoms with E-state index in [1.807, 2.05) is 0 Å². The number of fused-ring (bicyclic) bond motifs is 2. The molecule has 0 spiro atoms. The highest BCUT2D eigenvalue weighted by molar-refractivity contribution is 6.19. The maximum Gasteiger partial charge on any atom is 0.0657 e. The zero-order valence-corrected chi connectivity index (χ0v) is 46.4. The van der Waals surface area contributed by atoms with Gasteiger partial charge in [-0.25, -0.2) is 0 Å². The topological polar surface area (TPSA) is 37.4 Å². The SMILES string of the molecule is CCN(CC)c1ccc(C(=C2C=CC(=NCc3ccc(CNc4ccc(C(=C5C=CC(N(CC)CC)C=C5)c5ccc(N(CC)CC)cc5)c5ccccc45)cc3)c3ccccc32)c2ccc(N(CC)CC)cc2)cc1. The lowest BCUT2D eigenvalue weighted by Gasteiger charge is -2.27. The first-order valence-corrected chi connectivity index (χ1v) is 28.1. The van der Waals surface area contributed by atoms with E-state index in [0.29, 0.717) is 19.1 Å². The summed E-state index contributed by atoms with van der Waals surface area (Å²) >= 11 is 0. The predicted molar refractivity (Wildman–Crippen MR) is 330 cm³/mol.